The summed E-state index contributed by atoms with van der Waals surface area (Å²) in [5.74, 6) is 0. The fraction of sp³-hybridized carbons (Fsp3) is 0.500. The Bertz CT molecular complexity index is 497. The fourth-order valence-corrected chi connectivity index (χ4v) is 2.12. The third-order valence-electron chi connectivity index (χ3n) is 2.94. The van der Waals surface area contributed by atoms with Crippen LogP contribution in [0.25, 0.3) is 0 Å². The van der Waals surface area contributed by atoms with Gasteiger partial charge in [0.1, 0.15) is 0 Å². The molecular weight excluding hydrogens is 214 g/mol. The van der Waals surface area contributed by atoms with Crippen LogP contribution in [0.4, 0.5) is 0 Å². The van der Waals surface area contributed by atoms with Crippen molar-refractivity contribution in [1.29, 1.82) is 0 Å². The Balaban J connectivity index is 2.19. The summed E-state index contributed by atoms with van der Waals surface area (Å²) in [6.07, 6.45) is 4.88. The van der Waals surface area contributed by atoms with Gasteiger partial charge in [0.05, 0.1) is 23.6 Å². The van der Waals surface area contributed by atoms with Gasteiger partial charge in [0, 0.05) is 20.3 Å². The normalized spacial score (nSPS) is 12.9. The Hall–Kier alpha value is -1.62. The first-order valence-electron chi connectivity index (χ1n) is 5.75. The van der Waals surface area contributed by atoms with Crippen LogP contribution in [0.15, 0.2) is 18.5 Å². The van der Waals surface area contributed by atoms with Gasteiger partial charge in [0.25, 0.3) is 0 Å². The minimum absolute atomic E-state index is 0.269. The van der Waals surface area contributed by atoms with E-state index in [1.165, 1.54) is 11.3 Å². The lowest BCUT2D eigenvalue weighted by Gasteiger charge is -2.15. The largest absolute Gasteiger partial charge is 0.311 e. The Labute approximate surface area is 101 Å². The predicted molar refractivity (Wildman–Crippen MR) is 66.7 cm³/mol. The summed E-state index contributed by atoms with van der Waals surface area (Å²) in [6.45, 7) is 2.01. The Morgan fingerprint density at radius 1 is 1.41 bits per heavy atom. The van der Waals surface area contributed by atoms with Crippen molar-refractivity contribution < 1.29 is 0 Å². The quantitative estimate of drug-likeness (QED) is 0.856. The van der Waals surface area contributed by atoms with Crippen LogP contribution in [0.2, 0.25) is 0 Å². The fourth-order valence-electron chi connectivity index (χ4n) is 2.12. The van der Waals surface area contributed by atoms with Gasteiger partial charge in [0.15, 0.2) is 0 Å². The van der Waals surface area contributed by atoms with Gasteiger partial charge in [0.2, 0.25) is 0 Å². The molecule has 2 aromatic heterocycles. The Morgan fingerprint density at radius 2 is 2.18 bits per heavy atom. The first kappa shape index (κ1) is 11.9. The molecule has 0 aliphatic rings. The number of hydrogen-bond donors (Lipinski definition) is 1. The molecule has 0 aliphatic carbocycles. The van der Waals surface area contributed by atoms with Crippen molar-refractivity contribution in [2.75, 3.05) is 7.05 Å². The SMILES string of the molecule is CNC(Cc1cnn(C)c1)c1cc(C)nn1C. The van der Waals surface area contributed by atoms with Gasteiger partial charge in [-0.2, -0.15) is 10.2 Å². The molecule has 2 rings (SSSR count). The van der Waals surface area contributed by atoms with Crippen LogP contribution in [0.3, 0.4) is 0 Å². The van der Waals surface area contributed by atoms with Gasteiger partial charge in [-0.05, 0) is 32.0 Å². The highest BCUT2D eigenvalue weighted by atomic mass is 15.3. The van der Waals surface area contributed by atoms with Gasteiger partial charge in [-0.1, -0.05) is 0 Å². The van der Waals surface area contributed by atoms with E-state index >= 15 is 0 Å². The van der Waals surface area contributed by atoms with Crippen LogP contribution < -0.4 is 5.32 Å². The lowest BCUT2D eigenvalue weighted by molar-refractivity contribution is 0.537. The van der Waals surface area contributed by atoms with E-state index in [9.17, 15) is 0 Å². The first-order chi connectivity index (χ1) is 8.10. The molecule has 92 valence electrons. The van der Waals surface area contributed by atoms with Crippen LogP contribution in [0.1, 0.15) is 23.0 Å². The van der Waals surface area contributed by atoms with Crippen LogP contribution in [0, 0.1) is 6.92 Å². The third-order valence-corrected chi connectivity index (χ3v) is 2.94. The van der Waals surface area contributed by atoms with E-state index in [2.05, 4.69) is 21.6 Å². The molecule has 0 saturated carbocycles. The first-order valence-corrected chi connectivity index (χ1v) is 5.75. The summed E-state index contributed by atoms with van der Waals surface area (Å²) in [4.78, 5) is 0. The number of hydrogen-bond acceptors (Lipinski definition) is 3. The minimum atomic E-state index is 0.269. The van der Waals surface area contributed by atoms with E-state index in [4.69, 9.17) is 0 Å². The van der Waals surface area contributed by atoms with Crippen LogP contribution in [0.5, 0.6) is 0 Å². The zero-order valence-corrected chi connectivity index (χ0v) is 10.8. The van der Waals surface area contributed by atoms with Gasteiger partial charge in [-0.25, -0.2) is 0 Å². The van der Waals surface area contributed by atoms with Crippen molar-refractivity contribution >= 4 is 0 Å². The summed E-state index contributed by atoms with van der Waals surface area (Å²) in [5, 5.41) is 11.9. The van der Waals surface area contributed by atoms with E-state index in [0.717, 1.165) is 12.1 Å². The molecule has 2 heterocycles. The number of nitrogens with one attached hydrogen (secondary N) is 1. The summed E-state index contributed by atoms with van der Waals surface area (Å²) in [6, 6.07) is 2.39. The third kappa shape index (κ3) is 2.55. The lowest BCUT2D eigenvalue weighted by atomic mass is 10.1. The van der Waals surface area contributed by atoms with Gasteiger partial charge >= 0.3 is 0 Å². The summed E-state index contributed by atoms with van der Waals surface area (Å²) < 4.78 is 3.77. The van der Waals surface area contributed by atoms with Crippen molar-refractivity contribution in [3.8, 4) is 0 Å². The van der Waals surface area contributed by atoms with E-state index < -0.39 is 0 Å². The van der Waals surface area contributed by atoms with Crippen LogP contribution >= 0.6 is 0 Å². The smallest absolute Gasteiger partial charge is 0.0597 e. The standard InChI is InChI=1S/C12H19N5/c1-9-5-12(17(4)15-9)11(13-2)6-10-7-14-16(3)8-10/h5,7-8,11,13H,6H2,1-4H3. The van der Waals surface area contributed by atoms with Gasteiger partial charge < -0.3 is 5.32 Å². The van der Waals surface area contributed by atoms with E-state index in [1.54, 1.807) is 0 Å². The molecule has 2 aromatic rings. The molecule has 0 radical (unpaired) electrons. The lowest BCUT2D eigenvalue weighted by Crippen LogP contribution is -2.21. The highest BCUT2D eigenvalue weighted by molar-refractivity contribution is 5.17. The topological polar surface area (TPSA) is 47.7 Å². The molecule has 17 heavy (non-hydrogen) atoms. The molecule has 0 bridgehead atoms. The molecule has 0 aliphatic heterocycles. The molecule has 1 N–H and O–H groups in total. The van der Waals surface area contributed by atoms with Crippen molar-refractivity contribution in [1.82, 2.24) is 24.9 Å². The van der Waals surface area contributed by atoms with Crippen molar-refractivity contribution in [2.45, 2.75) is 19.4 Å². The van der Waals surface area contributed by atoms with Crippen LogP contribution in [-0.2, 0) is 20.5 Å². The summed E-state index contributed by atoms with van der Waals surface area (Å²) in [5.41, 5.74) is 3.48. The van der Waals surface area contributed by atoms with Gasteiger partial charge in [-0.15, -0.1) is 0 Å². The molecular formula is C12H19N5. The number of aromatic nitrogens is 4. The zero-order valence-electron chi connectivity index (χ0n) is 10.8. The molecule has 0 aromatic carbocycles. The van der Waals surface area contributed by atoms with E-state index in [1.807, 2.05) is 49.8 Å². The second-order valence-corrected chi connectivity index (χ2v) is 4.40. The molecule has 1 atom stereocenters. The summed E-state index contributed by atoms with van der Waals surface area (Å²) >= 11 is 0. The molecule has 5 heteroatoms. The molecule has 0 spiro atoms. The average molecular weight is 233 g/mol. The van der Waals surface area contributed by atoms with Crippen molar-refractivity contribution in [2.24, 2.45) is 14.1 Å². The second-order valence-electron chi connectivity index (χ2n) is 4.40. The number of nitrogens with zero attached hydrogens (tertiary/aromatic N) is 4. The van der Waals surface area contributed by atoms with E-state index in [0.29, 0.717) is 0 Å². The van der Waals surface area contributed by atoms with Crippen molar-refractivity contribution in [3.05, 3.63) is 35.4 Å². The highest BCUT2D eigenvalue weighted by Crippen LogP contribution is 2.18. The number of aryl methyl sites for hydroxylation is 3. The van der Waals surface area contributed by atoms with Crippen LogP contribution in [-0.4, -0.2) is 26.6 Å². The second kappa shape index (κ2) is 4.71. The maximum Gasteiger partial charge on any atom is 0.0597 e. The van der Waals surface area contributed by atoms with Crippen molar-refractivity contribution in [3.63, 3.8) is 0 Å². The average Bonchev–Trinajstić information content (AvgIpc) is 2.82. The molecule has 1 unspecified atom stereocenters. The molecule has 0 fully saturated rings. The maximum absolute atomic E-state index is 4.38. The number of rotatable bonds is 4. The monoisotopic (exact) mass is 233 g/mol. The molecule has 0 amide bonds. The van der Waals surface area contributed by atoms with Gasteiger partial charge in [-0.3, -0.25) is 9.36 Å². The Morgan fingerprint density at radius 3 is 2.65 bits per heavy atom. The Kier molecular flexibility index (Phi) is 3.28. The highest BCUT2D eigenvalue weighted by Gasteiger charge is 2.15. The number of likely N-dealkylation sites (N-methyl/N-ethyl adjacent to an activating group) is 1. The zero-order chi connectivity index (χ0) is 12.4. The predicted octanol–water partition coefficient (Wildman–Crippen LogP) is 0.965. The summed E-state index contributed by atoms with van der Waals surface area (Å²) in [7, 11) is 5.89. The maximum atomic E-state index is 4.38. The minimum Gasteiger partial charge on any atom is -0.311 e. The molecule has 0 saturated heterocycles. The van der Waals surface area contributed by atoms with E-state index in [-0.39, 0.29) is 6.04 Å². The molecule has 5 nitrogen and oxygen atoms in total.